The van der Waals surface area contributed by atoms with Gasteiger partial charge in [0.15, 0.2) is 0 Å². The Bertz CT molecular complexity index is 582. The third kappa shape index (κ3) is 4.05. The first-order valence-corrected chi connectivity index (χ1v) is 6.99. The Balaban J connectivity index is 2.13. The molecule has 0 aliphatic heterocycles. The van der Waals surface area contributed by atoms with E-state index in [0.717, 1.165) is 23.7 Å². The van der Waals surface area contributed by atoms with Gasteiger partial charge >= 0.3 is 0 Å². The molecule has 2 aromatic carbocycles. The van der Waals surface area contributed by atoms with Crippen LogP contribution in [-0.4, -0.2) is 20.8 Å². The number of methoxy groups -OCH3 is 1. The van der Waals surface area contributed by atoms with E-state index in [1.807, 2.05) is 44.3 Å². The van der Waals surface area contributed by atoms with Gasteiger partial charge in [-0.1, -0.05) is 12.1 Å². The largest absolute Gasteiger partial charge is 0.497 e. The number of nitrogen functional groups attached to an aromatic ring is 1. The van der Waals surface area contributed by atoms with E-state index in [1.54, 1.807) is 7.11 Å². The van der Waals surface area contributed by atoms with Crippen LogP contribution in [0.1, 0.15) is 12.5 Å². The molecule has 0 aliphatic carbocycles. The average Bonchev–Trinajstić information content (AvgIpc) is 2.48. The van der Waals surface area contributed by atoms with Crippen molar-refractivity contribution in [2.75, 3.05) is 31.4 Å². The SMILES string of the molecule is CCOc1cc(N)cc(N(C)Cc2ccc(OC)cc2)c1. The number of hydrogen-bond acceptors (Lipinski definition) is 4. The van der Waals surface area contributed by atoms with E-state index in [9.17, 15) is 0 Å². The summed E-state index contributed by atoms with van der Waals surface area (Å²) in [6, 6.07) is 13.8. The summed E-state index contributed by atoms with van der Waals surface area (Å²) in [5.41, 5.74) is 8.89. The van der Waals surface area contributed by atoms with Crippen molar-refractivity contribution in [3.8, 4) is 11.5 Å². The fraction of sp³-hybridized carbons (Fsp3) is 0.294. The van der Waals surface area contributed by atoms with Crippen LogP contribution < -0.4 is 20.1 Å². The van der Waals surface area contributed by atoms with Gasteiger partial charge in [0.2, 0.25) is 0 Å². The lowest BCUT2D eigenvalue weighted by Gasteiger charge is -2.21. The molecule has 2 N–H and O–H groups in total. The predicted molar refractivity (Wildman–Crippen MR) is 87.1 cm³/mol. The fourth-order valence-electron chi connectivity index (χ4n) is 2.17. The molecule has 0 amide bonds. The molecule has 0 aromatic heterocycles. The summed E-state index contributed by atoms with van der Waals surface area (Å²) in [5, 5.41) is 0. The monoisotopic (exact) mass is 286 g/mol. The van der Waals surface area contributed by atoms with Gasteiger partial charge in [-0.15, -0.1) is 0 Å². The zero-order chi connectivity index (χ0) is 15.2. The van der Waals surface area contributed by atoms with Gasteiger partial charge < -0.3 is 20.1 Å². The molecule has 0 radical (unpaired) electrons. The zero-order valence-electron chi connectivity index (χ0n) is 12.8. The summed E-state index contributed by atoms with van der Waals surface area (Å²) in [4.78, 5) is 2.14. The van der Waals surface area contributed by atoms with Gasteiger partial charge in [0.1, 0.15) is 11.5 Å². The number of anilines is 2. The second kappa shape index (κ2) is 6.88. The molecule has 4 heteroatoms. The smallest absolute Gasteiger partial charge is 0.123 e. The van der Waals surface area contributed by atoms with Gasteiger partial charge in [0.05, 0.1) is 13.7 Å². The third-order valence-electron chi connectivity index (χ3n) is 3.24. The molecule has 2 rings (SSSR count). The van der Waals surface area contributed by atoms with Gasteiger partial charge in [0.25, 0.3) is 0 Å². The summed E-state index contributed by atoms with van der Waals surface area (Å²) in [6.07, 6.45) is 0. The van der Waals surface area contributed by atoms with Crippen molar-refractivity contribution in [1.29, 1.82) is 0 Å². The maximum Gasteiger partial charge on any atom is 0.123 e. The van der Waals surface area contributed by atoms with E-state index in [-0.39, 0.29) is 0 Å². The van der Waals surface area contributed by atoms with Gasteiger partial charge in [0, 0.05) is 37.1 Å². The van der Waals surface area contributed by atoms with Gasteiger partial charge in [-0.2, -0.15) is 0 Å². The average molecular weight is 286 g/mol. The Labute approximate surface area is 126 Å². The van der Waals surface area contributed by atoms with Crippen LogP contribution >= 0.6 is 0 Å². The normalized spacial score (nSPS) is 10.2. The predicted octanol–water partition coefficient (Wildman–Crippen LogP) is 3.31. The molecule has 0 saturated heterocycles. The van der Waals surface area contributed by atoms with Crippen molar-refractivity contribution in [2.24, 2.45) is 0 Å². The molecule has 0 heterocycles. The summed E-state index contributed by atoms with van der Waals surface area (Å²) in [7, 11) is 3.71. The van der Waals surface area contributed by atoms with E-state index >= 15 is 0 Å². The number of rotatable bonds is 6. The molecule has 21 heavy (non-hydrogen) atoms. The first-order valence-electron chi connectivity index (χ1n) is 6.99. The quantitative estimate of drug-likeness (QED) is 0.828. The highest BCUT2D eigenvalue weighted by atomic mass is 16.5. The summed E-state index contributed by atoms with van der Waals surface area (Å²) < 4.78 is 10.7. The third-order valence-corrected chi connectivity index (χ3v) is 3.24. The number of nitrogens with zero attached hydrogens (tertiary/aromatic N) is 1. The lowest BCUT2D eigenvalue weighted by Crippen LogP contribution is -2.16. The molecule has 0 aliphatic rings. The first-order chi connectivity index (χ1) is 10.1. The molecule has 0 spiro atoms. The standard InChI is InChI=1S/C17H22N2O2/c1-4-21-17-10-14(18)9-15(11-17)19(2)12-13-5-7-16(20-3)8-6-13/h5-11H,4,12,18H2,1-3H3. The van der Waals surface area contributed by atoms with E-state index in [4.69, 9.17) is 15.2 Å². The Kier molecular flexibility index (Phi) is 4.93. The second-order valence-corrected chi connectivity index (χ2v) is 4.90. The van der Waals surface area contributed by atoms with E-state index in [0.29, 0.717) is 12.3 Å². The minimum absolute atomic E-state index is 0.630. The maximum atomic E-state index is 5.94. The Hall–Kier alpha value is -2.36. The van der Waals surface area contributed by atoms with Crippen molar-refractivity contribution < 1.29 is 9.47 Å². The lowest BCUT2D eigenvalue weighted by molar-refractivity contribution is 0.340. The zero-order valence-corrected chi connectivity index (χ0v) is 12.8. The molecule has 0 saturated carbocycles. The van der Waals surface area contributed by atoms with Crippen molar-refractivity contribution in [3.05, 3.63) is 48.0 Å². The molecule has 4 nitrogen and oxygen atoms in total. The summed E-state index contributed by atoms with van der Waals surface area (Å²) in [5.74, 6) is 1.66. The van der Waals surface area contributed by atoms with Crippen molar-refractivity contribution in [3.63, 3.8) is 0 Å². The highest BCUT2D eigenvalue weighted by molar-refractivity contribution is 5.60. The van der Waals surface area contributed by atoms with Crippen LogP contribution in [0.4, 0.5) is 11.4 Å². The van der Waals surface area contributed by atoms with Crippen LogP contribution in [0.15, 0.2) is 42.5 Å². The van der Waals surface area contributed by atoms with Crippen molar-refractivity contribution in [2.45, 2.75) is 13.5 Å². The molecule has 0 bridgehead atoms. The molecule has 0 unspecified atom stereocenters. The van der Waals surface area contributed by atoms with Gasteiger partial charge in [-0.05, 0) is 30.7 Å². The van der Waals surface area contributed by atoms with E-state index < -0.39 is 0 Å². The molecular weight excluding hydrogens is 264 g/mol. The van der Waals surface area contributed by atoms with Gasteiger partial charge in [-0.25, -0.2) is 0 Å². The van der Waals surface area contributed by atoms with Crippen molar-refractivity contribution >= 4 is 11.4 Å². The lowest BCUT2D eigenvalue weighted by atomic mass is 10.2. The van der Waals surface area contributed by atoms with Crippen LogP contribution in [0.3, 0.4) is 0 Å². The first kappa shape index (κ1) is 15.0. The molecule has 0 fully saturated rings. The molecular formula is C17H22N2O2. The highest BCUT2D eigenvalue weighted by Crippen LogP contribution is 2.26. The number of ether oxygens (including phenoxy) is 2. The molecule has 112 valence electrons. The van der Waals surface area contributed by atoms with Crippen LogP contribution in [0.5, 0.6) is 11.5 Å². The minimum Gasteiger partial charge on any atom is -0.497 e. The van der Waals surface area contributed by atoms with Crippen LogP contribution in [0.25, 0.3) is 0 Å². The fourth-order valence-corrected chi connectivity index (χ4v) is 2.17. The Morgan fingerprint density at radius 3 is 2.38 bits per heavy atom. The van der Waals surface area contributed by atoms with Crippen LogP contribution in [0, 0.1) is 0 Å². The van der Waals surface area contributed by atoms with E-state index in [2.05, 4.69) is 17.0 Å². The maximum absolute atomic E-state index is 5.94. The number of benzene rings is 2. The topological polar surface area (TPSA) is 47.7 Å². The Morgan fingerprint density at radius 1 is 1.05 bits per heavy atom. The summed E-state index contributed by atoms with van der Waals surface area (Å²) in [6.45, 7) is 3.38. The van der Waals surface area contributed by atoms with Crippen molar-refractivity contribution in [1.82, 2.24) is 0 Å². The van der Waals surface area contributed by atoms with E-state index in [1.165, 1.54) is 5.56 Å². The van der Waals surface area contributed by atoms with Gasteiger partial charge in [-0.3, -0.25) is 0 Å². The highest BCUT2D eigenvalue weighted by Gasteiger charge is 2.06. The van der Waals surface area contributed by atoms with Crippen LogP contribution in [-0.2, 0) is 6.54 Å². The number of hydrogen-bond donors (Lipinski definition) is 1. The molecule has 0 atom stereocenters. The van der Waals surface area contributed by atoms with Crippen LogP contribution in [0.2, 0.25) is 0 Å². The second-order valence-electron chi connectivity index (χ2n) is 4.90. The minimum atomic E-state index is 0.630. The molecule has 2 aromatic rings. The number of nitrogens with two attached hydrogens (primary N) is 1. The summed E-state index contributed by atoms with van der Waals surface area (Å²) >= 11 is 0. The Morgan fingerprint density at radius 2 is 1.76 bits per heavy atom.